The van der Waals surface area contributed by atoms with Crippen molar-refractivity contribution < 1.29 is 13.2 Å². The van der Waals surface area contributed by atoms with Crippen LogP contribution in [0.15, 0.2) is 75.4 Å². The van der Waals surface area contributed by atoms with Gasteiger partial charge in [0.25, 0.3) is 0 Å². The number of anilines is 1. The fourth-order valence-corrected chi connectivity index (χ4v) is 5.56. The van der Waals surface area contributed by atoms with Crippen molar-refractivity contribution in [2.45, 2.75) is 37.1 Å². The summed E-state index contributed by atoms with van der Waals surface area (Å²) in [5, 5.41) is 3.31. The van der Waals surface area contributed by atoms with E-state index in [9.17, 15) is 18.0 Å². The van der Waals surface area contributed by atoms with Gasteiger partial charge in [0.1, 0.15) is 17.1 Å². The van der Waals surface area contributed by atoms with E-state index in [2.05, 4.69) is 10.3 Å². The first-order valence-electron chi connectivity index (χ1n) is 10.4. The summed E-state index contributed by atoms with van der Waals surface area (Å²) in [6, 6.07) is 14.8. The Morgan fingerprint density at radius 2 is 1.79 bits per heavy atom. The van der Waals surface area contributed by atoms with Crippen LogP contribution in [0.4, 0.5) is 5.69 Å². The first kappa shape index (κ1) is 23.7. The second-order valence-electron chi connectivity index (χ2n) is 8.11. The quantitative estimate of drug-likeness (QED) is 0.441. The molecule has 34 heavy (non-hydrogen) atoms. The molecule has 2 aromatic carbocycles. The van der Waals surface area contributed by atoms with Crippen molar-refractivity contribution in [2.24, 2.45) is 0 Å². The lowest BCUT2D eigenvalue weighted by Crippen LogP contribution is -2.24. The van der Waals surface area contributed by atoms with Gasteiger partial charge < -0.3 is 9.88 Å². The lowest BCUT2D eigenvalue weighted by Gasteiger charge is -2.15. The van der Waals surface area contributed by atoms with E-state index in [1.807, 2.05) is 6.92 Å². The van der Waals surface area contributed by atoms with Crippen molar-refractivity contribution in [1.82, 2.24) is 9.55 Å². The molecule has 0 radical (unpaired) electrons. The predicted molar refractivity (Wildman–Crippen MR) is 132 cm³/mol. The normalized spacial score (nSPS) is 11.5. The van der Waals surface area contributed by atoms with Crippen LogP contribution < -0.4 is 10.7 Å². The molecule has 0 aliphatic carbocycles. The highest BCUT2D eigenvalue weighted by Crippen LogP contribution is 2.24. The van der Waals surface area contributed by atoms with Gasteiger partial charge >= 0.3 is 0 Å². The van der Waals surface area contributed by atoms with Gasteiger partial charge in [-0.25, -0.2) is 13.4 Å². The number of nitrogens with zero attached hydrogens (tertiary/aromatic N) is 2. The summed E-state index contributed by atoms with van der Waals surface area (Å²) >= 11 is 5.99. The number of nitrogens with one attached hydrogen (secondary N) is 1. The third-order valence-corrected chi connectivity index (χ3v) is 7.50. The third kappa shape index (κ3) is 4.60. The maximum absolute atomic E-state index is 13.5. The van der Waals surface area contributed by atoms with Crippen LogP contribution in [0.5, 0.6) is 0 Å². The average molecular weight is 496 g/mol. The monoisotopic (exact) mass is 495 g/mol. The number of carbonyl (C=O) groups excluding carboxylic acids is 1. The topological polar surface area (TPSA) is 98.1 Å². The molecule has 7 nitrogen and oxygen atoms in total. The molecule has 4 rings (SSSR count). The Balaban J connectivity index is 1.85. The smallest absolute Gasteiger partial charge is 0.244 e. The van der Waals surface area contributed by atoms with E-state index in [1.54, 1.807) is 56.3 Å². The second-order valence-corrected chi connectivity index (χ2v) is 10.4. The summed E-state index contributed by atoms with van der Waals surface area (Å²) < 4.78 is 28.4. The molecule has 174 valence electrons. The zero-order valence-electron chi connectivity index (χ0n) is 18.8. The summed E-state index contributed by atoms with van der Waals surface area (Å²) in [5.41, 5.74) is 2.13. The number of fused-ring (bicyclic) bond motifs is 1. The SMILES string of the molecule is Cc1ccc(S(=O)(=O)c2cn(CC(=O)Nc3cccc(Cl)c3)c3nc(C)ccc3c2=O)c(C)c1. The van der Waals surface area contributed by atoms with E-state index >= 15 is 0 Å². The Morgan fingerprint density at radius 3 is 2.50 bits per heavy atom. The summed E-state index contributed by atoms with van der Waals surface area (Å²) in [6.07, 6.45) is 1.20. The van der Waals surface area contributed by atoms with E-state index < -0.39 is 26.1 Å². The van der Waals surface area contributed by atoms with Crippen molar-refractivity contribution >= 4 is 44.1 Å². The molecule has 9 heteroatoms. The van der Waals surface area contributed by atoms with Crippen molar-refractivity contribution in [1.29, 1.82) is 0 Å². The fourth-order valence-electron chi connectivity index (χ4n) is 3.79. The Labute approximate surface area is 202 Å². The Morgan fingerprint density at radius 1 is 1.03 bits per heavy atom. The van der Waals surface area contributed by atoms with E-state index in [4.69, 9.17) is 11.6 Å². The number of sulfone groups is 1. The van der Waals surface area contributed by atoms with Crippen LogP contribution in [0.25, 0.3) is 11.0 Å². The van der Waals surface area contributed by atoms with Crippen LogP contribution in [0.1, 0.15) is 16.8 Å². The second kappa shape index (κ2) is 9.04. The molecule has 1 N–H and O–H groups in total. The van der Waals surface area contributed by atoms with Crippen LogP contribution in [0.3, 0.4) is 0 Å². The highest BCUT2D eigenvalue weighted by Gasteiger charge is 2.26. The molecule has 0 spiro atoms. The van der Waals surface area contributed by atoms with Gasteiger partial charge in [0.2, 0.25) is 21.2 Å². The van der Waals surface area contributed by atoms with Gasteiger partial charge in [-0.15, -0.1) is 0 Å². The summed E-state index contributed by atoms with van der Waals surface area (Å²) in [7, 11) is -4.15. The summed E-state index contributed by atoms with van der Waals surface area (Å²) in [5.74, 6) is -0.426. The number of benzene rings is 2. The molecular formula is C25H22ClN3O4S. The molecule has 0 saturated carbocycles. The van der Waals surface area contributed by atoms with Gasteiger partial charge in [-0.05, 0) is 62.7 Å². The number of hydrogen-bond acceptors (Lipinski definition) is 5. The highest BCUT2D eigenvalue weighted by molar-refractivity contribution is 7.91. The standard InChI is InChI=1S/C25H22ClN3O4S/c1-15-7-10-21(16(2)11-15)34(32,33)22-13-29(25-20(24(22)31)9-8-17(3)27-25)14-23(30)28-19-6-4-5-18(26)12-19/h4-13H,14H2,1-3H3,(H,28,30). The van der Waals surface area contributed by atoms with Gasteiger partial charge in [-0.2, -0.15) is 0 Å². The zero-order valence-corrected chi connectivity index (χ0v) is 20.4. The number of carbonyl (C=O) groups is 1. The molecule has 0 fully saturated rings. The summed E-state index contributed by atoms with van der Waals surface area (Å²) in [4.78, 5) is 30.1. The molecular weight excluding hydrogens is 474 g/mol. The van der Waals surface area contributed by atoms with E-state index in [0.717, 1.165) is 5.56 Å². The zero-order chi connectivity index (χ0) is 24.6. The molecule has 0 atom stereocenters. The summed E-state index contributed by atoms with van der Waals surface area (Å²) in [6.45, 7) is 5.04. The van der Waals surface area contributed by atoms with Crippen LogP contribution in [-0.2, 0) is 21.2 Å². The van der Waals surface area contributed by atoms with Gasteiger partial charge in [-0.1, -0.05) is 35.4 Å². The van der Waals surface area contributed by atoms with Gasteiger partial charge in [0, 0.05) is 22.6 Å². The lowest BCUT2D eigenvalue weighted by molar-refractivity contribution is -0.116. The first-order chi connectivity index (χ1) is 16.1. The molecule has 2 heterocycles. The number of hydrogen-bond donors (Lipinski definition) is 1. The maximum atomic E-state index is 13.5. The average Bonchev–Trinajstić information content (AvgIpc) is 2.75. The largest absolute Gasteiger partial charge is 0.324 e. The third-order valence-electron chi connectivity index (χ3n) is 5.36. The van der Waals surface area contributed by atoms with Gasteiger partial charge in [-0.3, -0.25) is 9.59 Å². The van der Waals surface area contributed by atoms with Crippen LogP contribution >= 0.6 is 11.6 Å². The molecule has 0 aliphatic heterocycles. The lowest BCUT2D eigenvalue weighted by atomic mass is 10.2. The molecule has 2 aromatic heterocycles. The van der Waals surface area contributed by atoms with Crippen molar-refractivity contribution in [3.05, 3.63) is 92.9 Å². The number of halogens is 1. The maximum Gasteiger partial charge on any atom is 0.244 e. The molecule has 0 aliphatic rings. The Kier molecular flexibility index (Phi) is 6.29. The van der Waals surface area contributed by atoms with Crippen molar-refractivity contribution in [2.75, 3.05) is 5.32 Å². The van der Waals surface area contributed by atoms with Crippen LogP contribution in [0, 0.1) is 20.8 Å². The molecule has 0 saturated heterocycles. The molecule has 4 aromatic rings. The minimum atomic E-state index is -4.15. The number of rotatable bonds is 5. The Bertz CT molecular complexity index is 1610. The predicted octanol–water partition coefficient (Wildman–Crippen LogP) is 4.45. The van der Waals surface area contributed by atoms with Crippen molar-refractivity contribution in [3.63, 3.8) is 0 Å². The van der Waals surface area contributed by atoms with E-state index in [1.165, 1.54) is 22.9 Å². The number of pyridine rings is 2. The highest BCUT2D eigenvalue weighted by atomic mass is 35.5. The number of aryl methyl sites for hydroxylation is 3. The fraction of sp³-hybridized carbons (Fsp3) is 0.160. The van der Waals surface area contributed by atoms with Crippen molar-refractivity contribution in [3.8, 4) is 0 Å². The van der Waals surface area contributed by atoms with E-state index in [-0.39, 0.29) is 22.5 Å². The van der Waals surface area contributed by atoms with Gasteiger partial charge in [0.15, 0.2) is 0 Å². The molecule has 0 unspecified atom stereocenters. The van der Waals surface area contributed by atoms with Gasteiger partial charge in [0.05, 0.1) is 10.3 Å². The minimum absolute atomic E-state index is 0.0459. The molecule has 1 amide bonds. The van der Waals surface area contributed by atoms with Crippen LogP contribution in [-0.4, -0.2) is 23.9 Å². The Hall–Kier alpha value is -3.49. The molecule has 0 bridgehead atoms. The minimum Gasteiger partial charge on any atom is -0.324 e. The van der Waals surface area contributed by atoms with Crippen LogP contribution in [0.2, 0.25) is 5.02 Å². The first-order valence-corrected chi connectivity index (χ1v) is 12.3. The number of amides is 1. The number of aromatic nitrogens is 2. The van der Waals surface area contributed by atoms with E-state index in [0.29, 0.717) is 22.0 Å².